The Morgan fingerprint density at radius 1 is 1.37 bits per heavy atom. The minimum Gasteiger partial charge on any atom is -0.298 e. The zero-order valence-electron chi connectivity index (χ0n) is 11.4. The summed E-state index contributed by atoms with van der Waals surface area (Å²) in [5.74, 6) is 0. The second-order valence-corrected chi connectivity index (χ2v) is 6.96. The smallest absolute Gasteiger partial charge is 0.113 e. The predicted molar refractivity (Wildman–Crippen MR) is 78.6 cm³/mol. The minimum atomic E-state index is 0.0781. The van der Waals surface area contributed by atoms with E-state index in [4.69, 9.17) is 0 Å². The summed E-state index contributed by atoms with van der Waals surface area (Å²) in [7, 11) is 0. The fourth-order valence-corrected chi connectivity index (χ4v) is 4.30. The maximum absolute atomic E-state index is 4.69. The van der Waals surface area contributed by atoms with E-state index in [0.29, 0.717) is 0 Å². The first-order chi connectivity index (χ1) is 9.11. The molecule has 6 heteroatoms. The van der Waals surface area contributed by atoms with Gasteiger partial charge >= 0.3 is 0 Å². The van der Waals surface area contributed by atoms with Gasteiger partial charge in [-0.3, -0.25) is 5.32 Å². The summed E-state index contributed by atoms with van der Waals surface area (Å²) in [4.78, 5) is 5.93. The van der Waals surface area contributed by atoms with E-state index in [1.807, 2.05) is 6.92 Å². The Morgan fingerprint density at radius 2 is 2.16 bits per heavy atom. The highest BCUT2D eigenvalue weighted by Crippen LogP contribution is 2.44. The number of nitrogens with zero attached hydrogens (tertiary/aromatic N) is 3. The van der Waals surface area contributed by atoms with Crippen LogP contribution in [0.5, 0.6) is 0 Å². The largest absolute Gasteiger partial charge is 0.298 e. The standard InChI is InChI=1S/C13H18N4S2/c1-8-7-18-12(14-8)13(5-4-6-13)15-9(2)11-10(3)16-17-19-11/h7,9,15H,4-6H2,1-3H3. The molecule has 1 saturated carbocycles. The van der Waals surface area contributed by atoms with Gasteiger partial charge in [-0.15, -0.1) is 16.4 Å². The average Bonchev–Trinajstić information content (AvgIpc) is 2.92. The van der Waals surface area contributed by atoms with Crippen molar-refractivity contribution in [2.24, 2.45) is 0 Å². The SMILES string of the molecule is Cc1csc(C2(NC(C)c3snnc3C)CCC2)n1. The molecular weight excluding hydrogens is 276 g/mol. The van der Waals surface area contributed by atoms with Crippen molar-refractivity contribution in [2.75, 3.05) is 0 Å². The Labute approximate surface area is 121 Å². The van der Waals surface area contributed by atoms with E-state index < -0.39 is 0 Å². The van der Waals surface area contributed by atoms with E-state index in [2.05, 4.69) is 39.1 Å². The Bertz CT molecular complexity index is 571. The highest BCUT2D eigenvalue weighted by Gasteiger charge is 2.42. The first-order valence-electron chi connectivity index (χ1n) is 6.60. The topological polar surface area (TPSA) is 50.7 Å². The molecule has 0 radical (unpaired) electrons. The maximum atomic E-state index is 4.69. The van der Waals surface area contributed by atoms with Gasteiger partial charge in [0.05, 0.1) is 16.1 Å². The van der Waals surface area contributed by atoms with Crippen molar-refractivity contribution in [1.29, 1.82) is 0 Å². The maximum Gasteiger partial charge on any atom is 0.113 e. The fraction of sp³-hybridized carbons (Fsp3) is 0.615. The van der Waals surface area contributed by atoms with Crippen molar-refractivity contribution in [3.63, 3.8) is 0 Å². The second-order valence-electron chi connectivity index (χ2n) is 5.32. The van der Waals surface area contributed by atoms with E-state index in [-0.39, 0.29) is 11.6 Å². The monoisotopic (exact) mass is 294 g/mol. The lowest BCUT2D eigenvalue weighted by Crippen LogP contribution is -2.48. The molecule has 1 atom stereocenters. The van der Waals surface area contributed by atoms with Gasteiger partial charge < -0.3 is 0 Å². The van der Waals surface area contributed by atoms with Crippen molar-refractivity contribution in [3.05, 3.63) is 26.7 Å². The molecule has 1 N–H and O–H groups in total. The molecule has 2 heterocycles. The summed E-state index contributed by atoms with van der Waals surface area (Å²) in [6.07, 6.45) is 3.63. The lowest BCUT2D eigenvalue weighted by molar-refractivity contribution is 0.167. The molecule has 1 aliphatic carbocycles. The normalized spacial score (nSPS) is 19.1. The molecule has 0 spiro atoms. The van der Waals surface area contributed by atoms with Crippen LogP contribution in [0.15, 0.2) is 5.38 Å². The molecule has 1 unspecified atom stereocenters. The Kier molecular flexibility index (Phi) is 3.41. The third kappa shape index (κ3) is 2.32. The number of nitrogens with one attached hydrogen (secondary N) is 1. The van der Waals surface area contributed by atoms with Crippen LogP contribution in [0.25, 0.3) is 0 Å². The summed E-state index contributed by atoms with van der Waals surface area (Å²) in [5, 5.41) is 11.3. The highest BCUT2D eigenvalue weighted by atomic mass is 32.1. The Balaban J connectivity index is 1.82. The van der Waals surface area contributed by atoms with E-state index in [0.717, 1.165) is 11.4 Å². The number of hydrogen-bond donors (Lipinski definition) is 1. The number of rotatable bonds is 4. The molecule has 1 aliphatic rings. The van der Waals surface area contributed by atoms with Gasteiger partial charge in [0.25, 0.3) is 0 Å². The van der Waals surface area contributed by atoms with Gasteiger partial charge in [0.15, 0.2) is 0 Å². The summed E-state index contributed by atoms with van der Waals surface area (Å²) in [6, 6.07) is 0.282. The van der Waals surface area contributed by atoms with Crippen LogP contribution in [0, 0.1) is 13.8 Å². The first-order valence-corrected chi connectivity index (χ1v) is 8.25. The van der Waals surface area contributed by atoms with E-state index >= 15 is 0 Å². The zero-order valence-corrected chi connectivity index (χ0v) is 13.1. The van der Waals surface area contributed by atoms with Gasteiger partial charge in [-0.2, -0.15) is 0 Å². The minimum absolute atomic E-state index is 0.0781. The molecule has 0 saturated heterocycles. The van der Waals surface area contributed by atoms with E-state index in [1.165, 1.54) is 40.7 Å². The van der Waals surface area contributed by atoms with Gasteiger partial charge in [0.2, 0.25) is 0 Å². The molecule has 0 aliphatic heterocycles. The van der Waals surface area contributed by atoms with Crippen LogP contribution >= 0.6 is 22.9 Å². The second kappa shape index (κ2) is 4.92. The molecule has 4 nitrogen and oxygen atoms in total. The molecule has 2 aromatic heterocycles. The van der Waals surface area contributed by atoms with Crippen LogP contribution in [0.2, 0.25) is 0 Å². The summed E-state index contributed by atoms with van der Waals surface area (Å²) in [6.45, 7) is 6.29. The van der Waals surface area contributed by atoms with Gasteiger partial charge in [-0.05, 0) is 51.6 Å². The van der Waals surface area contributed by atoms with Crippen LogP contribution in [0.1, 0.15) is 53.5 Å². The van der Waals surface area contributed by atoms with Crippen LogP contribution in [-0.4, -0.2) is 14.6 Å². The van der Waals surface area contributed by atoms with Crippen molar-refractivity contribution >= 4 is 22.9 Å². The molecule has 0 aromatic carbocycles. The molecular formula is C13H18N4S2. The van der Waals surface area contributed by atoms with Gasteiger partial charge in [-0.25, -0.2) is 4.98 Å². The van der Waals surface area contributed by atoms with Crippen molar-refractivity contribution in [2.45, 2.75) is 51.6 Å². The molecule has 0 amide bonds. The number of aromatic nitrogens is 3. The number of aryl methyl sites for hydroxylation is 2. The fourth-order valence-electron chi connectivity index (χ4n) is 2.64. The Hall–Kier alpha value is -0.850. The van der Waals surface area contributed by atoms with Crippen LogP contribution in [-0.2, 0) is 5.54 Å². The highest BCUT2D eigenvalue weighted by molar-refractivity contribution is 7.09. The Morgan fingerprint density at radius 3 is 2.63 bits per heavy atom. The van der Waals surface area contributed by atoms with Crippen LogP contribution in [0.3, 0.4) is 0 Å². The van der Waals surface area contributed by atoms with Gasteiger partial charge in [0, 0.05) is 17.1 Å². The zero-order chi connectivity index (χ0) is 13.5. The third-order valence-corrected chi connectivity index (χ3v) is 5.98. The number of thiazole rings is 1. The first kappa shape index (κ1) is 13.1. The summed E-state index contributed by atoms with van der Waals surface area (Å²) >= 11 is 3.27. The molecule has 0 bridgehead atoms. The molecule has 102 valence electrons. The lowest BCUT2D eigenvalue weighted by Gasteiger charge is -2.43. The van der Waals surface area contributed by atoms with Crippen molar-refractivity contribution in [3.8, 4) is 0 Å². The van der Waals surface area contributed by atoms with Gasteiger partial charge in [0.1, 0.15) is 5.01 Å². The quantitative estimate of drug-likeness (QED) is 0.939. The lowest BCUT2D eigenvalue weighted by atomic mass is 9.76. The van der Waals surface area contributed by atoms with Crippen molar-refractivity contribution in [1.82, 2.24) is 19.9 Å². The molecule has 2 aromatic rings. The predicted octanol–water partition coefficient (Wildman–Crippen LogP) is 3.34. The van der Waals surface area contributed by atoms with Crippen molar-refractivity contribution < 1.29 is 0 Å². The summed E-state index contributed by atoms with van der Waals surface area (Å²) < 4.78 is 4.03. The average molecular weight is 294 g/mol. The molecule has 19 heavy (non-hydrogen) atoms. The van der Waals surface area contributed by atoms with Gasteiger partial charge in [-0.1, -0.05) is 4.49 Å². The van der Waals surface area contributed by atoms with E-state index in [9.17, 15) is 0 Å². The number of hydrogen-bond acceptors (Lipinski definition) is 6. The van der Waals surface area contributed by atoms with Crippen LogP contribution in [0.4, 0.5) is 0 Å². The van der Waals surface area contributed by atoms with E-state index in [1.54, 1.807) is 11.3 Å². The molecule has 3 rings (SSSR count). The van der Waals surface area contributed by atoms with Crippen LogP contribution < -0.4 is 5.32 Å². The molecule has 1 fully saturated rings. The third-order valence-electron chi connectivity index (χ3n) is 3.81. The summed E-state index contributed by atoms with van der Waals surface area (Å²) in [5.41, 5.74) is 2.24.